The molecule has 3 heterocycles. The molecular weight excluding hydrogens is 428 g/mol. The van der Waals surface area contributed by atoms with Crippen molar-refractivity contribution in [3.63, 3.8) is 0 Å². The molecule has 0 bridgehead atoms. The van der Waals surface area contributed by atoms with Crippen LogP contribution in [0.25, 0.3) is 0 Å². The number of carbonyl (C=O) groups excluding carboxylic acids is 3. The Morgan fingerprint density at radius 1 is 1.09 bits per heavy atom. The predicted octanol–water partition coefficient (Wildman–Crippen LogP) is 3.79. The summed E-state index contributed by atoms with van der Waals surface area (Å²) in [6.45, 7) is 5.63. The molecule has 7 heteroatoms. The molecule has 0 aliphatic carbocycles. The van der Waals surface area contributed by atoms with Crippen LogP contribution >= 0.6 is 0 Å². The van der Waals surface area contributed by atoms with E-state index in [1.54, 1.807) is 6.20 Å². The zero-order valence-electron chi connectivity index (χ0n) is 20.1. The van der Waals surface area contributed by atoms with Crippen LogP contribution in [0, 0.1) is 11.8 Å². The lowest BCUT2D eigenvalue weighted by molar-refractivity contribution is -0.136. The smallest absolute Gasteiger partial charge is 0.325 e. The third kappa shape index (κ3) is 5.13. The molecule has 180 valence electrons. The summed E-state index contributed by atoms with van der Waals surface area (Å²) in [5.74, 6) is 0.369. The molecule has 1 atom stereocenters. The van der Waals surface area contributed by atoms with Gasteiger partial charge in [-0.05, 0) is 55.2 Å². The molecule has 0 spiro atoms. The number of aromatic nitrogens is 1. The molecule has 0 saturated carbocycles. The van der Waals surface area contributed by atoms with Gasteiger partial charge in [0.05, 0.1) is 18.7 Å². The van der Waals surface area contributed by atoms with E-state index in [9.17, 15) is 14.4 Å². The second kappa shape index (κ2) is 10.4. The van der Waals surface area contributed by atoms with Gasteiger partial charge in [-0.2, -0.15) is 0 Å². The zero-order chi connectivity index (χ0) is 24.1. The van der Waals surface area contributed by atoms with Crippen molar-refractivity contribution in [3.8, 4) is 0 Å². The molecule has 2 saturated heterocycles. The second-order valence-electron chi connectivity index (χ2n) is 9.86. The number of piperidine rings is 1. The minimum atomic E-state index is -0.912. The molecular formula is C27H34N4O3. The second-order valence-corrected chi connectivity index (χ2v) is 9.86. The lowest BCUT2D eigenvalue weighted by atomic mass is 9.73. The van der Waals surface area contributed by atoms with Gasteiger partial charge >= 0.3 is 6.03 Å². The van der Waals surface area contributed by atoms with Gasteiger partial charge in [-0.1, -0.05) is 50.2 Å². The van der Waals surface area contributed by atoms with E-state index in [2.05, 4.69) is 24.1 Å². The number of hydrogen-bond acceptors (Lipinski definition) is 4. The summed E-state index contributed by atoms with van der Waals surface area (Å²) >= 11 is 0. The van der Waals surface area contributed by atoms with Crippen molar-refractivity contribution in [3.05, 3.63) is 66.0 Å². The molecule has 2 aliphatic rings. The molecule has 0 radical (unpaired) electrons. The Labute approximate surface area is 201 Å². The van der Waals surface area contributed by atoms with E-state index < -0.39 is 5.54 Å². The fraction of sp³-hybridized carbons (Fsp3) is 0.481. The van der Waals surface area contributed by atoms with Gasteiger partial charge in [-0.25, -0.2) is 4.79 Å². The Balaban J connectivity index is 1.46. The summed E-state index contributed by atoms with van der Waals surface area (Å²) in [7, 11) is 0. The van der Waals surface area contributed by atoms with Crippen LogP contribution in [0.3, 0.4) is 0 Å². The molecule has 1 aromatic carbocycles. The predicted molar refractivity (Wildman–Crippen MR) is 130 cm³/mol. The monoisotopic (exact) mass is 462 g/mol. The molecule has 4 rings (SSSR count). The highest BCUT2D eigenvalue weighted by molar-refractivity contribution is 6.07. The number of imide groups is 1. The van der Waals surface area contributed by atoms with Crippen molar-refractivity contribution in [2.24, 2.45) is 11.8 Å². The maximum atomic E-state index is 13.7. The largest absolute Gasteiger partial charge is 0.342 e. The highest BCUT2D eigenvalue weighted by Gasteiger charge is 2.55. The lowest BCUT2D eigenvalue weighted by Crippen LogP contribution is -2.56. The van der Waals surface area contributed by atoms with Crippen LogP contribution in [-0.2, 0) is 22.6 Å². The van der Waals surface area contributed by atoms with Crippen LogP contribution < -0.4 is 5.32 Å². The Hall–Kier alpha value is -3.22. The number of urea groups is 1. The molecule has 1 aromatic heterocycles. The number of nitrogens with zero attached hydrogens (tertiary/aromatic N) is 3. The first-order chi connectivity index (χ1) is 16.4. The SMILES string of the molecule is CC(C)CC[C@]1(C2CCN(C(=O)Cc3ccccc3)CC2)NC(=O)N(Cc2ccccn2)C1=O. The Morgan fingerprint density at radius 3 is 2.44 bits per heavy atom. The standard InChI is InChI=1S/C27H34N4O3/c1-20(2)11-14-27(25(33)31(26(34)29-27)19-23-10-6-7-15-28-23)22-12-16-30(17-13-22)24(32)18-21-8-4-3-5-9-21/h3-10,15,20,22H,11-14,16-19H2,1-2H3,(H,29,34)/t27-/m1/s1. The summed E-state index contributed by atoms with van der Waals surface area (Å²) in [4.78, 5) is 47.1. The van der Waals surface area contributed by atoms with Gasteiger partial charge in [0.1, 0.15) is 5.54 Å². The molecule has 7 nitrogen and oxygen atoms in total. The van der Waals surface area contributed by atoms with E-state index in [1.165, 1.54) is 4.90 Å². The average molecular weight is 463 g/mol. The molecule has 2 aromatic rings. The zero-order valence-corrected chi connectivity index (χ0v) is 20.1. The third-order valence-electron chi connectivity index (χ3n) is 7.11. The number of amides is 4. The summed E-state index contributed by atoms with van der Waals surface area (Å²) in [5, 5.41) is 3.10. The van der Waals surface area contributed by atoms with Crippen molar-refractivity contribution >= 4 is 17.8 Å². The van der Waals surface area contributed by atoms with Gasteiger partial charge in [0.15, 0.2) is 0 Å². The van der Waals surface area contributed by atoms with Crippen molar-refractivity contribution in [2.75, 3.05) is 13.1 Å². The van der Waals surface area contributed by atoms with Crippen LogP contribution in [0.2, 0.25) is 0 Å². The van der Waals surface area contributed by atoms with Crippen molar-refractivity contribution in [1.29, 1.82) is 0 Å². The average Bonchev–Trinajstić information content (AvgIpc) is 3.09. The number of benzene rings is 1. The number of nitrogens with one attached hydrogen (secondary N) is 1. The van der Waals surface area contributed by atoms with E-state index in [-0.39, 0.29) is 30.3 Å². The summed E-state index contributed by atoms with van der Waals surface area (Å²) in [6.07, 6.45) is 4.90. The van der Waals surface area contributed by atoms with Crippen molar-refractivity contribution < 1.29 is 14.4 Å². The number of pyridine rings is 1. The van der Waals surface area contributed by atoms with Gasteiger partial charge < -0.3 is 10.2 Å². The van der Waals surface area contributed by atoms with E-state index in [0.717, 1.165) is 12.0 Å². The highest BCUT2D eigenvalue weighted by Crippen LogP contribution is 2.38. The normalized spacial score (nSPS) is 21.3. The molecule has 2 aliphatic heterocycles. The third-order valence-corrected chi connectivity index (χ3v) is 7.11. The van der Waals surface area contributed by atoms with E-state index in [0.29, 0.717) is 50.4 Å². The summed E-state index contributed by atoms with van der Waals surface area (Å²) in [5.41, 5.74) is 0.781. The number of rotatable bonds is 8. The minimum absolute atomic E-state index is 0.00259. The molecule has 34 heavy (non-hydrogen) atoms. The first kappa shape index (κ1) is 23.9. The molecule has 2 fully saturated rings. The highest BCUT2D eigenvalue weighted by atomic mass is 16.2. The first-order valence-corrected chi connectivity index (χ1v) is 12.2. The van der Waals surface area contributed by atoms with Crippen LogP contribution in [0.15, 0.2) is 54.7 Å². The number of hydrogen-bond donors (Lipinski definition) is 1. The van der Waals surface area contributed by atoms with Gasteiger partial charge in [0, 0.05) is 19.3 Å². The van der Waals surface area contributed by atoms with Crippen LogP contribution in [0.4, 0.5) is 4.79 Å². The van der Waals surface area contributed by atoms with Crippen molar-refractivity contribution in [2.45, 2.75) is 58.0 Å². The van der Waals surface area contributed by atoms with E-state index in [1.807, 2.05) is 53.4 Å². The first-order valence-electron chi connectivity index (χ1n) is 12.2. The molecule has 0 unspecified atom stereocenters. The van der Waals surface area contributed by atoms with Crippen LogP contribution in [0.1, 0.15) is 50.8 Å². The van der Waals surface area contributed by atoms with Gasteiger partial charge in [0.2, 0.25) is 5.91 Å². The Kier molecular flexibility index (Phi) is 7.29. The Morgan fingerprint density at radius 2 is 1.79 bits per heavy atom. The topological polar surface area (TPSA) is 82.6 Å². The summed E-state index contributed by atoms with van der Waals surface area (Å²) in [6, 6.07) is 14.9. The number of likely N-dealkylation sites (tertiary alicyclic amines) is 1. The fourth-order valence-corrected chi connectivity index (χ4v) is 5.11. The van der Waals surface area contributed by atoms with E-state index in [4.69, 9.17) is 0 Å². The quantitative estimate of drug-likeness (QED) is 0.605. The maximum Gasteiger partial charge on any atom is 0.325 e. The number of carbonyl (C=O) groups is 3. The maximum absolute atomic E-state index is 13.7. The van der Waals surface area contributed by atoms with Crippen molar-refractivity contribution in [1.82, 2.24) is 20.1 Å². The Bertz CT molecular complexity index is 1000. The molecule has 1 N–H and O–H groups in total. The van der Waals surface area contributed by atoms with Crippen LogP contribution in [-0.4, -0.2) is 51.3 Å². The lowest BCUT2D eigenvalue weighted by Gasteiger charge is -2.41. The van der Waals surface area contributed by atoms with E-state index >= 15 is 0 Å². The summed E-state index contributed by atoms with van der Waals surface area (Å²) < 4.78 is 0. The van der Waals surface area contributed by atoms with Crippen LogP contribution in [0.5, 0.6) is 0 Å². The van der Waals surface area contributed by atoms with Gasteiger partial charge in [-0.15, -0.1) is 0 Å². The fourth-order valence-electron chi connectivity index (χ4n) is 5.11. The van der Waals surface area contributed by atoms with Gasteiger partial charge in [-0.3, -0.25) is 19.5 Å². The van der Waals surface area contributed by atoms with Gasteiger partial charge in [0.25, 0.3) is 5.91 Å². The molecule has 4 amide bonds. The minimum Gasteiger partial charge on any atom is -0.342 e.